The minimum atomic E-state index is 0.310. The van der Waals surface area contributed by atoms with Gasteiger partial charge in [0.1, 0.15) is 0 Å². The fourth-order valence-electron chi connectivity index (χ4n) is 4.89. The second-order valence-corrected chi connectivity index (χ2v) is 8.54. The minimum absolute atomic E-state index is 0.310. The van der Waals surface area contributed by atoms with Gasteiger partial charge in [-0.15, -0.1) is 0 Å². The number of likely N-dealkylation sites (tertiary alicyclic amines) is 1. The lowest BCUT2D eigenvalue weighted by Crippen LogP contribution is -2.50. The van der Waals surface area contributed by atoms with Gasteiger partial charge in [-0.2, -0.15) is 0 Å². The lowest BCUT2D eigenvalue weighted by Gasteiger charge is -2.44. The molecule has 1 amide bonds. The van der Waals surface area contributed by atoms with Crippen LogP contribution in [0.15, 0.2) is 11.6 Å². The number of nitrogens with one attached hydrogen (secondary N) is 2. The summed E-state index contributed by atoms with van der Waals surface area (Å²) in [4.78, 5) is 14.9. The van der Waals surface area contributed by atoms with E-state index in [9.17, 15) is 4.79 Å². The molecule has 1 heterocycles. The van der Waals surface area contributed by atoms with Crippen molar-refractivity contribution in [3.05, 3.63) is 11.6 Å². The summed E-state index contributed by atoms with van der Waals surface area (Å²) >= 11 is 5.36. The Morgan fingerprint density at radius 1 is 1.08 bits per heavy atom. The third-order valence-corrected chi connectivity index (χ3v) is 6.59. The second-order valence-electron chi connectivity index (χ2n) is 8.13. The molecule has 1 saturated carbocycles. The molecule has 2 aliphatic carbocycles. The fourth-order valence-corrected chi connectivity index (χ4v) is 5.10. The van der Waals surface area contributed by atoms with Gasteiger partial charge < -0.3 is 15.5 Å². The highest BCUT2D eigenvalue weighted by molar-refractivity contribution is 7.80. The number of amides is 1. The van der Waals surface area contributed by atoms with E-state index in [-0.39, 0.29) is 0 Å². The molecule has 0 spiro atoms. The molecular weight excluding hydrogens is 342 g/mol. The van der Waals surface area contributed by atoms with Gasteiger partial charge in [-0.1, -0.05) is 24.5 Å². The SMILES string of the molecule is O=C(CCNC(=S)NCCC1=CCCCC1)N1CCCC2CCCCC21. The Hall–Kier alpha value is -1.10. The van der Waals surface area contributed by atoms with Crippen molar-refractivity contribution in [3.63, 3.8) is 0 Å². The van der Waals surface area contributed by atoms with E-state index in [1.165, 1.54) is 64.2 Å². The van der Waals surface area contributed by atoms with Gasteiger partial charge >= 0.3 is 0 Å². The Kier molecular flexibility index (Phi) is 7.78. The summed E-state index contributed by atoms with van der Waals surface area (Å²) in [5.41, 5.74) is 1.56. The van der Waals surface area contributed by atoms with Gasteiger partial charge in [-0.05, 0) is 75.9 Å². The van der Waals surface area contributed by atoms with Crippen molar-refractivity contribution in [2.45, 2.75) is 83.1 Å². The quantitative estimate of drug-likeness (QED) is 0.544. The second kappa shape index (κ2) is 10.3. The summed E-state index contributed by atoms with van der Waals surface area (Å²) in [5, 5.41) is 7.18. The molecule has 2 atom stereocenters. The van der Waals surface area contributed by atoms with Gasteiger partial charge in [-0.3, -0.25) is 4.79 Å². The number of carbonyl (C=O) groups is 1. The number of hydrogen-bond donors (Lipinski definition) is 2. The van der Waals surface area contributed by atoms with Crippen LogP contribution in [0.25, 0.3) is 0 Å². The summed E-state index contributed by atoms with van der Waals surface area (Å²) in [6.45, 7) is 2.49. The predicted octanol–water partition coefficient (Wildman–Crippen LogP) is 3.91. The van der Waals surface area contributed by atoms with Gasteiger partial charge in [0.05, 0.1) is 0 Å². The van der Waals surface area contributed by atoms with E-state index < -0.39 is 0 Å². The molecule has 0 aromatic carbocycles. The molecule has 4 nitrogen and oxygen atoms in total. The highest BCUT2D eigenvalue weighted by atomic mass is 32.1. The number of fused-ring (bicyclic) bond motifs is 1. The smallest absolute Gasteiger partial charge is 0.224 e. The third-order valence-electron chi connectivity index (χ3n) is 6.30. The Balaban J connectivity index is 1.31. The number of allylic oxidation sites excluding steroid dienone is 1. The molecule has 0 aromatic heterocycles. The third kappa shape index (κ3) is 5.70. The van der Waals surface area contributed by atoms with Crippen LogP contribution in [-0.2, 0) is 4.79 Å². The lowest BCUT2D eigenvalue weighted by molar-refractivity contribution is -0.137. The summed E-state index contributed by atoms with van der Waals surface area (Å²) in [7, 11) is 0. The average molecular weight is 378 g/mol. The van der Waals surface area contributed by atoms with E-state index in [0.717, 1.165) is 25.4 Å². The van der Waals surface area contributed by atoms with Crippen LogP contribution in [0.1, 0.15) is 77.0 Å². The monoisotopic (exact) mass is 377 g/mol. The van der Waals surface area contributed by atoms with Gasteiger partial charge in [0, 0.05) is 32.1 Å². The Morgan fingerprint density at radius 3 is 2.73 bits per heavy atom. The van der Waals surface area contributed by atoms with E-state index >= 15 is 0 Å². The van der Waals surface area contributed by atoms with E-state index in [1.54, 1.807) is 5.57 Å². The van der Waals surface area contributed by atoms with Crippen LogP contribution in [0.5, 0.6) is 0 Å². The maximum absolute atomic E-state index is 12.7. The lowest BCUT2D eigenvalue weighted by atomic mass is 9.78. The van der Waals surface area contributed by atoms with Gasteiger partial charge in [-0.25, -0.2) is 0 Å². The molecule has 26 heavy (non-hydrogen) atoms. The normalized spacial score (nSPS) is 25.8. The van der Waals surface area contributed by atoms with Crippen LogP contribution >= 0.6 is 12.2 Å². The van der Waals surface area contributed by atoms with E-state index in [2.05, 4.69) is 21.6 Å². The van der Waals surface area contributed by atoms with Crippen LogP contribution < -0.4 is 10.6 Å². The number of piperidine rings is 1. The van der Waals surface area contributed by atoms with Crippen molar-refractivity contribution in [1.82, 2.24) is 15.5 Å². The molecule has 1 aliphatic heterocycles. The van der Waals surface area contributed by atoms with Crippen molar-refractivity contribution in [1.29, 1.82) is 0 Å². The zero-order valence-electron chi connectivity index (χ0n) is 16.1. The molecule has 5 heteroatoms. The zero-order chi connectivity index (χ0) is 18.2. The van der Waals surface area contributed by atoms with Crippen molar-refractivity contribution < 1.29 is 4.79 Å². The van der Waals surface area contributed by atoms with Gasteiger partial charge in [0.2, 0.25) is 5.91 Å². The molecule has 2 fully saturated rings. The van der Waals surface area contributed by atoms with Crippen molar-refractivity contribution >= 4 is 23.2 Å². The van der Waals surface area contributed by atoms with Crippen LogP contribution in [0.3, 0.4) is 0 Å². The highest BCUT2D eigenvalue weighted by Gasteiger charge is 2.35. The summed E-state index contributed by atoms with van der Waals surface area (Å²) < 4.78 is 0. The zero-order valence-corrected chi connectivity index (χ0v) is 16.9. The maximum Gasteiger partial charge on any atom is 0.224 e. The first kappa shape index (κ1) is 19.7. The first-order valence-electron chi connectivity index (χ1n) is 10.7. The van der Waals surface area contributed by atoms with E-state index in [4.69, 9.17) is 12.2 Å². The molecule has 2 unspecified atom stereocenters. The van der Waals surface area contributed by atoms with Crippen LogP contribution in [0, 0.1) is 5.92 Å². The molecule has 0 aromatic rings. The predicted molar refractivity (Wildman–Crippen MR) is 111 cm³/mol. The standard InChI is InChI=1S/C21H35N3OS/c25-20(24-16-6-10-18-9-4-5-11-19(18)24)13-15-23-21(26)22-14-12-17-7-2-1-3-8-17/h7,18-19H,1-6,8-16H2,(H2,22,23,26). The largest absolute Gasteiger partial charge is 0.362 e. The molecule has 1 saturated heterocycles. The molecule has 2 N–H and O–H groups in total. The summed E-state index contributed by atoms with van der Waals surface area (Å²) in [6.07, 6.45) is 16.8. The van der Waals surface area contributed by atoms with Crippen molar-refractivity contribution in [2.75, 3.05) is 19.6 Å². The summed E-state index contributed by atoms with van der Waals surface area (Å²) in [6, 6.07) is 0.513. The van der Waals surface area contributed by atoms with Gasteiger partial charge in [0.15, 0.2) is 5.11 Å². The molecule has 3 rings (SSSR count). The Bertz CT molecular complexity index is 517. The number of nitrogens with zero attached hydrogens (tertiary/aromatic N) is 1. The van der Waals surface area contributed by atoms with Crippen LogP contribution in [0.4, 0.5) is 0 Å². The molecule has 0 radical (unpaired) electrons. The molecule has 0 bridgehead atoms. The van der Waals surface area contributed by atoms with Gasteiger partial charge in [0.25, 0.3) is 0 Å². The Morgan fingerprint density at radius 2 is 1.88 bits per heavy atom. The first-order valence-corrected chi connectivity index (χ1v) is 11.1. The molecule has 146 valence electrons. The van der Waals surface area contributed by atoms with Crippen LogP contribution in [-0.4, -0.2) is 41.6 Å². The summed E-state index contributed by atoms with van der Waals surface area (Å²) in [5.74, 6) is 1.07. The number of hydrogen-bond acceptors (Lipinski definition) is 2. The Labute approximate surface area is 164 Å². The number of rotatable bonds is 6. The van der Waals surface area contributed by atoms with Crippen LogP contribution in [0.2, 0.25) is 0 Å². The molecule has 3 aliphatic rings. The number of carbonyl (C=O) groups excluding carboxylic acids is 1. The fraction of sp³-hybridized carbons (Fsp3) is 0.810. The minimum Gasteiger partial charge on any atom is -0.362 e. The topological polar surface area (TPSA) is 44.4 Å². The first-order chi connectivity index (χ1) is 12.7. The molecular formula is C21H35N3OS. The van der Waals surface area contributed by atoms with Crippen molar-refractivity contribution in [2.24, 2.45) is 5.92 Å². The number of thiocarbonyl (C=S) groups is 1. The van der Waals surface area contributed by atoms with E-state index in [1.807, 2.05) is 0 Å². The van der Waals surface area contributed by atoms with Crippen molar-refractivity contribution in [3.8, 4) is 0 Å². The average Bonchev–Trinajstić information content (AvgIpc) is 2.68. The van der Waals surface area contributed by atoms with E-state index in [0.29, 0.717) is 30.0 Å². The highest BCUT2D eigenvalue weighted by Crippen LogP contribution is 2.35. The maximum atomic E-state index is 12.7.